The number of nitrogens with zero attached hydrogens (tertiary/aromatic N) is 4. The number of hydrogen-bond acceptors (Lipinski definition) is 5. The van der Waals surface area contributed by atoms with E-state index in [9.17, 15) is 0 Å². The topological polar surface area (TPSA) is 52.8 Å². The number of nitriles is 1. The zero-order valence-corrected chi connectivity index (χ0v) is 10.1. The van der Waals surface area contributed by atoms with Crippen LogP contribution in [0.4, 0.5) is 5.82 Å². The molecule has 2 aromatic heterocycles. The number of aryl methyl sites for hydroxylation is 1. The van der Waals surface area contributed by atoms with Gasteiger partial charge in [0.25, 0.3) is 0 Å². The Balaban J connectivity index is 2.40. The first-order chi connectivity index (χ1) is 7.72. The Kier molecular flexibility index (Phi) is 3.02. The molecule has 0 spiro atoms. The molecule has 0 N–H and O–H groups in total. The van der Waals surface area contributed by atoms with Gasteiger partial charge in [-0.05, 0) is 13.0 Å². The van der Waals surface area contributed by atoms with E-state index in [0.717, 1.165) is 16.0 Å². The molecule has 16 heavy (non-hydrogen) atoms. The van der Waals surface area contributed by atoms with Gasteiger partial charge in [-0.1, -0.05) is 0 Å². The van der Waals surface area contributed by atoms with E-state index in [4.69, 9.17) is 5.26 Å². The highest BCUT2D eigenvalue weighted by atomic mass is 32.1. The molecule has 82 valence electrons. The van der Waals surface area contributed by atoms with E-state index < -0.39 is 0 Å². The van der Waals surface area contributed by atoms with Gasteiger partial charge in [-0.15, -0.1) is 11.3 Å². The smallest absolute Gasteiger partial charge is 0.140 e. The van der Waals surface area contributed by atoms with Crippen molar-refractivity contribution < 1.29 is 0 Å². The zero-order valence-electron chi connectivity index (χ0n) is 9.27. The van der Waals surface area contributed by atoms with Crippen LogP contribution in [0.2, 0.25) is 0 Å². The lowest BCUT2D eigenvalue weighted by molar-refractivity contribution is 0.887. The van der Waals surface area contributed by atoms with E-state index >= 15 is 0 Å². The second kappa shape index (κ2) is 4.45. The highest BCUT2D eigenvalue weighted by molar-refractivity contribution is 7.18. The number of thiophene rings is 1. The Labute approximate surface area is 98.2 Å². The van der Waals surface area contributed by atoms with Crippen molar-refractivity contribution in [2.75, 3.05) is 18.5 Å². The van der Waals surface area contributed by atoms with Gasteiger partial charge in [-0.25, -0.2) is 9.97 Å². The van der Waals surface area contributed by atoms with Crippen LogP contribution < -0.4 is 4.90 Å². The van der Waals surface area contributed by atoms with Crippen LogP contribution in [0.5, 0.6) is 0 Å². The minimum absolute atomic E-state index is 0.505. The van der Waals surface area contributed by atoms with E-state index in [1.807, 2.05) is 11.9 Å². The summed E-state index contributed by atoms with van der Waals surface area (Å²) in [5.74, 6) is 0.907. The molecule has 0 aromatic carbocycles. The zero-order chi connectivity index (χ0) is 11.5. The third-order valence-corrected chi connectivity index (χ3v) is 3.31. The third kappa shape index (κ3) is 1.97. The van der Waals surface area contributed by atoms with Crippen LogP contribution in [-0.2, 0) is 0 Å². The molecule has 0 aliphatic heterocycles. The van der Waals surface area contributed by atoms with Gasteiger partial charge in [0, 0.05) is 18.5 Å². The Morgan fingerprint density at radius 1 is 1.50 bits per heavy atom. The predicted octanol–water partition coefficient (Wildman–Crippen LogP) is 2.35. The molecule has 0 aliphatic carbocycles. The molecule has 0 aliphatic rings. The molecule has 0 fully saturated rings. The molecule has 0 bridgehead atoms. The number of rotatable bonds is 3. The Morgan fingerprint density at radius 2 is 2.31 bits per heavy atom. The van der Waals surface area contributed by atoms with Crippen LogP contribution in [-0.4, -0.2) is 23.6 Å². The number of anilines is 1. The Hall–Kier alpha value is -1.67. The van der Waals surface area contributed by atoms with Gasteiger partial charge in [0.05, 0.1) is 17.9 Å². The molecule has 4 nitrogen and oxygen atoms in total. The SMILES string of the molecule is Cc1cc2c(N(C)CCC#N)ncnc2s1. The lowest BCUT2D eigenvalue weighted by atomic mass is 10.3. The van der Waals surface area contributed by atoms with E-state index in [2.05, 4.69) is 29.0 Å². The largest absolute Gasteiger partial charge is 0.358 e. The molecule has 2 rings (SSSR count). The van der Waals surface area contributed by atoms with Gasteiger partial charge in [-0.2, -0.15) is 5.26 Å². The third-order valence-electron chi connectivity index (χ3n) is 2.35. The fourth-order valence-corrected chi connectivity index (χ4v) is 2.43. The average Bonchev–Trinajstić information content (AvgIpc) is 2.65. The summed E-state index contributed by atoms with van der Waals surface area (Å²) in [4.78, 5) is 12.8. The van der Waals surface area contributed by atoms with E-state index in [-0.39, 0.29) is 0 Å². The minimum atomic E-state index is 0.505. The molecular weight excluding hydrogens is 220 g/mol. The van der Waals surface area contributed by atoms with Crippen LogP contribution in [0.3, 0.4) is 0 Å². The molecule has 2 aromatic rings. The van der Waals surface area contributed by atoms with Gasteiger partial charge in [-0.3, -0.25) is 0 Å². The second-order valence-corrected chi connectivity index (χ2v) is 4.84. The van der Waals surface area contributed by atoms with E-state index in [0.29, 0.717) is 13.0 Å². The number of aromatic nitrogens is 2. The van der Waals surface area contributed by atoms with Crippen molar-refractivity contribution >= 4 is 27.4 Å². The van der Waals surface area contributed by atoms with Gasteiger partial charge >= 0.3 is 0 Å². The molecule has 5 heteroatoms. The summed E-state index contributed by atoms with van der Waals surface area (Å²) >= 11 is 1.66. The average molecular weight is 232 g/mol. The van der Waals surface area contributed by atoms with Crippen molar-refractivity contribution in [3.05, 3.63) is 17.3 Å². The van der Waals surface area contributed by atoms with Gasteiger partial charge in [0.2, 0.25) is 0 Å². The van der Waals surface area contributed by atoms with Crippen LogP contribution >= 0.6 is 11.3 Å². The summed E-state index contributed by atoms with van der Waals surface area (Å²) in [6.07, 6.45) is 2.08. The highest BCUT2D eigenvalue weighted by Crippen LogP contribution is 2.28. The summed E-state index contributed by atoms with van der Waals surface area (Å²) in [5, 5.41) is 9.65. The minimum Gasteiger partial charge on any atom is -0.358 e. The monoisotopic (exact) mass is 232 g/mol. The van der Waals surface area contributed by atoms with Crippen molar-refractivity contribution in [3.8, 4) is 6.07 Å². The van der Waals surface area contributed by atoms with E-state index in [1.54, 1.807) is 17.7 Å². The van der Waals surface area contributed by atoms with Crippen molar-refractivity contribution in [3.63, 3.8) is 0 Å². The maximum absolute atomic E-state index is 8.57. The van der Waals surface area contributed by atoms with E-state index in [1.165, 1.54) is 4.88 Å². The number of fused-ring (bicyclic) bond motifs is 1. The van der Waals surface area contributed by atoms with Gasteiger partial charge in [0.1, 0.15) is 17.0 Å². The number of hydrogen-bond donors (Lipinski definition) is 0. The van der Waals surface area contributed by atoms with Crippen LogP contribution in [0.1, 0.15) is 11.3 Å². The summed E-state index contributed by atoms with van der Waals surface area (Å²) in [6, 6.07) is 4.23. The quantitative estimate of drug-likeness (QED) is 0.815. The molecule has 0 unspecified atom stereocenters. The second-order valence-electron chi connectivity index (χ2n) is 3.60. The van der Waals surface area contributed by atoms with Gasteiger partial charge < -0.3 is 4.90 Å². The standard InChI is InChI=1S/C11H12N4S/c1-8-6-9-10(15(2)5-3-4-12)13-7-14-11(9)16-8/h6-7H,3,5H2,1-2H3. The lowest BCUT2D eigenvalue weighted by Gasteiger charge is -2.16. The predicted molar refractivity (Wildman–Crippen MR) is 65.7 cm³/mol. The van der Waals surface area contributed by atoms with Crippen molar-refractivity contribution in [2.24, 2.45) is 0 Å². The molecule has 2 heterocycles. The molecule has 0 amide bonds. The maximum Gasteiger partial charge on any atom is 0.140 e. The van der Waals surface area contributed by atoms with Crippen molar-refractivity contribution in [1.82, 2.24) is 9.97 Å². The summed E-state index contributed by atoms with van der Waals surface area (Å²) < 4.78 is 0. The van der Waals surface area contributed by atoms with Crippen molar-refractivity contribution in [2.45, 2.75) is 13.3 Å². The Morgan fingerprint density at radius 3 is 3.06 bits per heavy atom. The molecule has 0 radical (unpaired) electrons. The van der Waals surface area contributed by atoms with Crippen molar-refractivity contribution in [1.29, 1.82) is 5.26 Å². The first kappa shape index (κ1) is 10.8. The van der Waals surface area contributed by atoms with Crippen LogP contribution in [0, 0.1) is 18.3 Å². The maximum atomic E-state index is 8.57. The molecule has 0 saturated heterocycles. The Bertz CT molecular complexity index is 540. The summed E-state index contributed by atoms with van der Waals surface area (Å²) in [5.41, 5.74) is 0. The van der Waals surface area contributed by atoms with Crippen LogP contribution in [0.25, 0.3) is 10.2 Å². The fraction of sp³-hybridized carbons (Fsp3) is 0.364. The molecule has 0 saturated carbocycles. The normalized spacial score (nSPS) is 10.3. The fourth-order valence-electron chi connectivity index (χ4n) is 1.59. The van der Waals surface area contributed by atoms with Gasteiger partial charge in [0.15, 0.2) is 0 Å². The molecular formula is C11H12N4S. The molecule has 0 atom stereocenters. The first-order valence-electron chi connectivity index (χ1n) is 5.01. The van der Waals surface area contributed by atoms with Crippen LogP contribution in [0.15, 0.2) is 12.4 Å². The highest BCUT2D eigenvalue weighted by Gasteiger charge is 2.10. The lowest BCUT2D eigenvalue weighted by Crippen LogP contribution is -2.19. The first-order valence-corrected chi connectivity index (χ1v) is 5.83. The summed E-state index contributed by atoms with van der Waals surface area (Å²) in [7, 11) is 1.95. The summed E-state index contributed by atoms with van der Waals surface area (Å²) in [6.45, 7) is 2.75.